The lowest BCUT2D eigenvalue weighted by atomic mass is 10.0. The number of ether oxygens (including phenoxy) is 1. The first-order valence-corrected chi connectivity index (χ1v) is 9.25. The van der Waals surface area contributed by atoms with E-state index in [-0.39, 0.29) is 16.7 Å². The Kier molecular flexibility index (Phi) is 5.78. The highest BCUT2D eigenvalue weighted by Gasteiger charge is 2.32. The average Bonchev–Trinajstić information content (AvgIpc) is 2.53. The fourth-order valence-corrected chi connectivity index (χ4v) is 3.74. The molecule has 128 valence electrons. The van der Waals surface area contributed by atoms with Crippen LogP contribution in [0.1, 0.15) is 19.4 Å². The Labute approximate surface area is 137 Å². The minimum absolute atomic E-state index is 0.148. The van der Waals surface area contributed by atoms with Crippen LogP contribution in [0.15, 0.2) is 29.2 Å². The van der Waals surface area contributed by atoms with Gasteiger partial charge in [-0.2, -0.15) is 4.72 Å². The number of sulfonamides is 1. The molecule has 1 fully saturated rings. The van der Waals surface area contributed by atoms with Gasteiger partial charge < -0.3 is 9.64 Å². The van der Waals surface area contributed by atoms with E-state index in [0.717, 1.165) is 5.56 Å². The van der Waals surface area contributed by atoms with Crippen molar-refractivity contribution in [2.75, 3.05) is 26.3 Å². The molecule has 1 aliphatic rings. The molecule has 2 rings (SSSR count). The van der Waals surface area contributed by atoms with Crippen molar-refractivity contribution < 1.29 is 17.9 Å². The fraction of sp³-hybridized carbons (Fsp3) is 0.562. The number of aryl methyl sites for hydroxylation is 1. The van der Waals surface area contributed by atoms with Crippen LogP contribution >= 0.6 is 0 Å². The third-order valence-electron chi connectivity index (χ3n) is 3.87. The quantitative estimate of drug-likeness (QED) is 0.873. The molecule has 0 unspecified atom stereocenters. The Bertz CT molecular complexity index is 635. The first-order chi connectivity index (χ1) is 10.8. The number of nitrogens with one attached hydrogen (secondary N) is 1. The minimum atomic E-state index is -3.73. The lowest BCUT2D eigenvalue weighted by Gasteiger charge is -2.32. The maximum Gasteiger partial charge on any atom is 0.241 e. The zero-order chi connectivity index (χ0) is 17.0. The van der Waals surface area contributed by atoms with Crippen LogP contribution in [0, 0.1) is 12.8 Å². The molecule has 1 N–H and O–H groups in total. The van der Waals surface area contributed by atoms with Gasteiger partial charge in [0.2, 0.25) is 15.9 Å². The predicted octanol–water partition coefficient (Wildman–Crippen LogP) is 1.16. The molecule has 0 aromatic heterocycles. The average molecular weight is 340 g/mol. The largest absolute Gasteiger partial charge is 0.378 e. The van der Waals surface area contributed by atoms with Crippen molar-refractivity contribution in [1.29, 1.82) is 0 Å². The standard InChI is InChI=1S/C16H24N2O4S/c1-12(2)15(16(19)18-8-10-22-11-9-18)17-23(20,21)14-6-4-13(3)5-7-14/h4-7,12,15,17H,8-11H2,1-3H3/t15-/m1/s1. The number of benzene rings is 1. The maximum atomic E-state index is 12.6. The molecule has 1 atom stereocenters. The first-order valence-electron chi connectivity index (χ1n) is 7.77. The van der Waals surface area contributed by atoms with Crippen LogP contribution in [0.3, 0.4) is 0 Å². The Hall–Kier alpha value is -1.44. The van der Waals surface area contributed by atoms with Crippen molar-refractivity contribution >= 4 is 15.9 Å². The van der Waals surface area contributed by atoms with Crippen LogP contribution in [0.2, 0.25) is 0 Å². The molecule has 1 amide bonds. The van der Waals surface area contributed by atoms with E-state index >= 15 is 0 Å². The Morgan fingerprint density at radius 1 is 1.17 bits per heavy atom. The van der Waals surface area contributed by atoms with Crippen LogP contribution in [-0.4, -0.2) is 51.6 Å². The molecule has 7 heteroatoms. The Morgan fingerprint density at radius 3 is 2.26 bits per heavy atom. The van der Waals surface area contributed by atoms with Crippen LogP contribution in [0.25, 0.3) is 0 Å². The second-order valence-corrected chi connectivity index (χ2v) is 7.81. The van der Waals surface area contributed by atoms with Crippen molar-refractivity contribution in [3.63, 3.8) is 0 Å². The smallest absolute Gasteiger partial charge is 0.241 e. The third-order valence-corrected chi connectivity index (χ3v) is 5.33. The highest BCUT2D eigenvalue weighted by atomic mass is 32.2. The molecule has 0 bridgehead atoms. The summed E-state index contributed by atoms with van der Waals surface area (Å²) in [4.78, 5) is 14.5. The van der Waals surface area contributed by atoms with Gasteiger partial charge in [-0.3, -0.25) is 4.79 Å². The molecular weight excluding hydrogens is 316 g/mol. The van der Waals surface area contributed by atoms with Gasteiger partial charge in [0, 0.05) is 13.1 Å². The fourth-order valence-electron chi connectivity index (χ4n) is 2.40. The van der Waals surface area contributed by atoms with Crippen molar-refractivity contribution in [2.24, 2.45) is 5.92 Å². The summed E-state index contributed by atoms with van der Waals surface area (Å²) >= 11 is 0. The number of rotatable bonds is 5. The molecule has 1 saturated heterocycles. The molecular formula is C16H24N2O4S. The van der Waals surface area contributed by atoms with E-state index in [0.29, 0.717) is 26.3 Å². The van der Waals surface area contributed by atoms with E-state index < -0.39 is 16.1 Å². The number of carbonyl (C=O) groups excluding carboxylic acids is 1. The van der Waals surface area contributed by atoms with Crippen molar-refractivity contribution in [1.82, 2.24) is 9.62 Å². The summed E-state index contributed by atoms with van der Waals surface area (Å²) in [7, 11) is -3.73. The van der Waals surface area contributed by atoms with Gasteiger partial charge in [-0.15, -0.1) is 0 Å². The molecule has 0 aliphatic carbocycles. The van der Waals surface area contributed by atoms with E-state index in [2.05, 4.69) is 4.72 Å². The minimum Gasteiger partial charge on any atom is -0.378 e. The highest BCUT2D eigenvalue weighted by Crippen LogP contribution is 2.15. The van der Waals surface area contributed by atoms with Crippen LogP contribution < -0.4 is 4.72 Å². The zero-order valence-corrected chi connectivity index (χ0v) is 14.6. The molecule has 0 spiro atoms. The van der Waals surface area contributed by atoms with Gasteiger partial charge in [-0.1, -0.05) is 31.5 Å². The molecule has 1 heterocycles. The Morgan fingerprint density at radius 2 is 1.74 bits per heavy atom. The van der Waals surface area contributed by atoms with E-state index in [4.69, 9.17) is 4.74 Å². The third kappa shape index (κ3) is 4.53. The summed E-state index contributed by atoms with van der Waals surface area (Å²) in [6.45, 7) is 7.52. The molecule has 6 nitrogen and oxygen atoms in total. The van der Waals surface area contributed by atoms with E-state index in [1.54, 1.807) is 29.2 Å². The molecule has 1 aliphatic heterocycles. The summed E-state index contributed by atoms with van der Waals surface area (Å²) in [5.41, 5.74) is 0.980. The number of hydrogen-bond donors (Lipinski definition) is 1. The van der Waals surface area contributed by atoms with Crippen LogP contribution in [0.4, 0.5) is 0 Å². The van der Waals surface area contributed by atoms with Gasteiger partial charge in [0.25, 0.3) is 0 Å². The second kappa shape index (κ2) is 7.42. The van der Waals surface area contributed by atoms with Crippen LogP contribution in [0.5, 0.6) is 0 Å². The lowest BCUT2D eigenvalue weighted by molar-refractivity contribution is -0.138. The summed E-state index contributed by atoms with van der Waals surface area (Å²) in [5.74, 6) is -0.343. The van der Waals surface area contributed by atoms with Crippen molar-refractivity contribution in [3.8, 4) is 0 Å². The van der Waals surface area contributed by atoms with E-state index in [1.165, 1.54) is 0 Å². The van der Waals surface area contributed by atoms with Crippen molar-refractivity contribution in [2.45, 2.75) is 31.7 Å². The van der Waals surface area contributed by atoms with Gasteiger partial charge >= 0.3 is 0 Å². The summed E-state index contributed by atoms with van der Waals surface area (Å²) in [5, 5.41) is 0. The monoisotopic (exact) mass is 340 g/mol. The molecule has 1 aromatic rings. The van der Waals surface area contributed by atoms with Gasteiger partial charge in [0.05, 0.1) is 18.1 Å². The molecule has 0 saturated carbocycles. The predicted molar refractivity (Wildman–Crippen MR) is 87.5 cm³/mol. The van der Waals surface area contributed by atoms with Crippen LogP contribution in [-0.2, 0) is 19.6 Å². The summed E-state index contributed by atoms with van der Waals surface area (Å²) in [6, 6.07) is 5.80. The van der Waals surface area contributed by atoms with E-state index in [9.17, 15) is 13.2 Å². The number of nitrogens with zero attached hydrogens (tertiary/aromatic N) is 1. The normalized spacial score (nSPS) is 17.3. The van der Waals surface area contributed by atoms with Crippen molar-refractivity contribution in [3.05, 3.63) is 29.8 Å². The molecule has 0 radical (unpaired) electrons. The summed E-state index contributed by atoms with van der Waals surface area (Å²) < 4.78 is 32.9. The molecule has 23 heavy (non-hydrogen) atoms. The highest BCUT2D eigenvalue weighted by molar-refractivity contribution is 7.89. The number of amides is 1. The number of carbonyl (C=O) groups is 1. The topological polar surface area (TPSA) is 75.7 Å². The molecule has 1 aromatic carbocycles. The number of morpholine rings is 1. The van der Waals surface area contributed by atoms with Gasteiger partial charge in [-0.25, -0.2) is 8.42 Å². The maximum absolute atomic E-state index is 12.6. The number of hydrogen-bond acceptors (Lipinski definition) is 4. The van der Waals surface area contributed by atoms with Gasteiger partial charge in [-0.05, 0) is 25.0 Å². The summed E-state index contributed by atoms with van der Waals surface area (Å²) in [6.07, 6.45) is 0. The Balaban J connectivity index is 2.17. The SMILES string of the molecule is Cc1ccc(S(=O)(=O)N[C@@H](C(=O)N2CCOCC2)C(C)C)cc1. The lowest BCUT2D eigenvalue weighted by Crippen LogP contribution is -2.53. The second-order valence-electron chi connectivity index (χ2n) is 6.09. The van der Waals surface area contributed by atoms with Gasteiger partial charge in [0.1, 0.15) is 6.04 Å². The van der Waals surface area contributed by atoms with E-state index in [1.807, 2.05) is 20.8 Å². The zero-order valence-electron chi connectivity index (χ0n) is 13.8. The van der Waals surface area contributed by atoms with Gasteiger partial charge in [0.15, 0.2) is 0 Å². The first kappa shape index (κ1) is 17.9.